The van der Waals surface area contributed by atoms with Crippen LogP contribution in [0.2, 0.25) is 0 Å². The Hall–Kier alpha value is -0.940. The van der Waals surface area contributed by atoms with Gasteiger partial charge in [0.15, 0.2) is 11.8 Å². The van der Waals surface area contributed by atoms with Crippen LogP contribution in [-0.4, -0.2) is 58.2 Å². The molecule has 1 aromatic heterocycles. The molecule has 2 rings (SSSR count). The fourth-order valence-corrected chi connectivity index (χ4v) is 3.32. The number of aliphatic imine (C=N–C) groups is 1. The van der Waals surface area contributed by atoms with Gasteiger partial charge in [0, 0.05) is 33.4 Å². The second kappa shape index (κ2) is 13.3. The van der Waals surface area contributed by atoms with E-state index in [1.165, 1.54) is 0 Å². The largest absolute Gasteiger partial charge is 0.396 e. The molecule has 0 amide bonds. The number of ether oxygens (including phenoxy) is 1. The van der Waals surface area contributed by atoms with Crippen molar-refractivity contribution in [3.8, 4) is 0 Å². The summed E-state index contributed by atoms with van der Waals surface area (Å²) in [6, 6.07) is 0. The molecule has 3 N–H and O–H groups in total. The van der Waals surface area contributed by atoms with E-state index in [0.29, 0.717) is 18.4 Å². The highest BCUT2D eigenvalue weighted by atomic mass is 127. The van der Waals surface area contributed by atoms with E-state index < -0.39 is 0 Å². The summed E-state index contributed by atoms with van der Waals surface area (Å²) in [4.78, 5) is 4.69. The van der Waals surface area contributed by atoms with Crippen LogP contribution in [0.5, 0.6) is 0 Å². The fraction of sp³-hybridized carbons (Fsp3) is 0.842. The van der Waals surface area contributed by atoms with E-state index in [4.69, 9.17) is 9.73 Å². The number of aliphatic hydroxyl groups is 1. The molecular formula is C19H37IN6O2. The molecule has 0 spiro atoms. The number of guanidine groups is 1. The van der Waals surface area contributed by atoms with E-state index >= 15 is 0 Å². The Morgan fingerprint density at radius 2 is 2.14 bits per heavy atom. The lowest BCUT2D eigenvalue weighted by atomic mass is 9.94. The van der Waals surface area contributed by atoms with Crippen molar-refractivity contribution in [2.75, 3.05) is 26.3 Å². The average Bonchev–Trinajstić information content (AvgIpc) is 3.25. The van der Waals surface area contributed by atoms with Crippen LogP contribution < -0.4 is 10.6 Å². The number of hydrogen-bond acceptors (Lipinski definition) is 5. The maximum absolute atomic E-state index is 9.34. The Labute approximate surface area is 186 Å². The number of aliphatic hydroxyl groups excluding tert-OH is 1. The van der Waals surface area contributed by atoms with Crippen molar-refractivity contribution in [2.24, 2.45) is 23.9 Å². The normalized spacial score (nSPS) is 18.2. The first-order chi connectivity index (χ1) is 13.0. The minimum atomic E-state index is 0. The molecule has 1 aromatic rings. The highest BCUT2D eigenvalue weighted by molar-refractivity contribution is 14.0. The van der Waals surface area contributed by atoms with Gasteiger partial charge in [-0.1, -0.05) is 13.8 Å². The first-order valence-corrected chi connectivity index (χ1v) is 10.1. The zero-order chi connectivity index (χ0) is 19.6. The van der Waals surface area contributed by atoms with E-state index in [2.05, 4.69) is 34.7 Å². The van der Waals surface area contributed by atoms with E-state index in [-0.39, 0.29) is 36.7 Å². The molecule has 0 radical (unpaired) electrons. The van der Waals surface area contributed by atoms with Crippen LogP contribution >= 0.6 is 24.0 Å². The predicted molar refractivity (Wildman–Crippen MR) is 122 cm³/mol. The van der Waals surface area contributed by atoms with Gasteiger partial charge in [-0.25, -0.2) is 4.99 Å². The maximum Gasteiger partial charge on any atom is 0.191 e. The molecule has 2 heterocycles. The third-order valence-corrected chi connectivity index (χ3v) is 4.98. The summed E-state index contributed by atoms with van der Waals surface area (Å²) in [7, 11) is 1.95. The third-order valence-electron chi connectivity index (χ3n) is 4.98. The summed E-state index contributed by atoms with van der Waals surface area (Å²) in [5.74, 6) is 3.49. The van der Waals surface area contributed by atoms with Gasteiger partial charge in [-0.2, -0.15) is 0 Å². The number of aryl methyl sites for hydroxylation is 1. The smallest absolute Gasteiger partial charge is 0.191 e. The van der Waals surface area contributed by atoms with E-state index in [9.17, 15) is 5.11 Å². The van der Waals surface area contributed by atoms with Crippen LogP contribution in [0, 0.1) is 18.8 Å². The molecule has 2 atom stereocenters. The van der Waals surface area contributed by atoms with Gasteiger partial charge < -0.3 is 25.0 Å². The van der Waals surface area contributed by atoms with Crippen molar-refractivity contribution >= 4 is 29.9 Å². The Bertz CT molecular complexity index is 587. The molecule has 9 heteroatoms. The molecule has 0 aliphatic carbocycles. The molecule has 1 aliphatic heterocycles. The molecule has 1 fully saturated rings. The lowest BCUT2D eigenvalue weighted by molar-refractivity contribution is 0.113. The number of hydrogen-bond donors (Lipinski definition) is 3. The molecule has 0 saturated carbocycles. The second-order valence-corrected chi connectivity index (χ2v) is 7.79. The van der Waals surface area contributed by atoms with E-state index in [1.54, 1.807) is 0 Å². The molecule has 2 unspecified atom stereocenters. The third kappa shape index (κ3) is 8.60. The quantitative estimate of drug-likeness (QED) is 0.254. The Balaban J connectivity index is 0.00000392. The van der Waals surface area contributed by atoms with Crippen molar-refractivity contribution in [1.82, 2.24) is 25.4 Å². The van der Waals surface area contributed by atoms with Gasteiger partial charge in [-0.15, -0.1) is 34.2 Å². The lowest BCUT2D eigenvalue weighted by Crippen LogP contribution is -2.43. The molecule has 1 saturated heterocycles. The van der Waals surface area contributed by atoms with Gasteiger partial charge in [0.2, 0.25) is 0 Å². The van der Waals surface area contributed by atoms with Crippen LogP contribution in [0.3, 0.4) is 0 Å². The molecule has 1 aliphatic rings. The summed E-state index contributed by atoms with van der Waals surface area (Å²) >= 11 is 0. The molecule has 8 nitrogen and oxygen atoms in total. The first kappa shape index (κ1) is 25.1. The van der Waals surface area contributed by atoms with Crippen molar-refractivity contribution in [3.63, 3.8) is 0 Å². The Morgan fingerprint density at radius 1 is 1.36 bits per heavy atom. The molecule has 0 aromatic carbocycles. The number of rotatable bonds is 10. The standard InChI is InChI=1S/C19H36N6O2.HI/c1-14(2)10-16(7-8-26)11-20-19(21-12-17-6-5-9-27-17)22-13-18-24-23-15(3)25(18)4;/h14,16-17,26H,5-13H2,1-4H3,(H2,20,21,22);1H. The van der Waals surface area contributed by atoms with E-state index in [1.807, 2.05) is 18.5 Å². The number of halogens is 1. The average molecular weight is 508 g/mol. The number of nitrogens with one attached hydrogen (secondary N) is 2. The number of aromatic nitrogens is 3. The molecule has 28 heavy (non-hydrogen) atoms. The minimum Gasteiger partial charge on any atom is -0.396 e. The second-order valence-electron chi connectivity index (χ2n) is 7.79. The Morgan fingerprint density at radius 3 is 2.71 bits per heavy atom. The van der Waals surface area contributed by atoms with Crippen LogP contribution in [-0.2, 0) is 18.3 Å². The van der Waals surface area contributed by atoms with Gasteiger partial charge in [-0.05, 0) is 44.4 Å². The zero-order valence-corrected chi connectivity index (χ0v) is 20.0. The Kier molecular flexibility index (Phi) is 11.9. The van der Waals surface area contributed by atoms with Crippen molar-refractivity contribution < 1.29 is 9.84 Å². The van der Waals surface area contributed by atoms with Crippen molar-refractivity contribution in [1.29, 1.82) is 0 Å². The lowest BCUT2D eigenvalue weighted by Gasteiger charge is -2.21. The molecular weight excluding hydrogens is 471 g/mol. The van der Waals surface area contributed by atoms with Gasteiger partial charge >= 0.3 is 0 Å². The minimum absolute atomic E-state index is 0. The van der Waals surface area contributed by atoms with E-state index in [0.717, 1.165) is 63.0 Å². The van der Waals surface area contributed by atoms with Crippen molar-refractivity contribution in [3.05, 3.63) is 11.6 Å². The van der Waals surface area contributed by atoms with Gasteiger partial charge in [0.05, 0.1) is 6.10 Å². The van der Waals surface area contributed by atoms with Gasteiger partial charge in [-0.3, -0.25) is 0 Å². The zero-order valence-electron chi connectivity index (χ0n) is 17.6. The summed E-state index contributed by atoms with van der Waals surface area (Å²) in [5, 5.41) is 24.5. The number of nitrogens with zero attached hydrogens (tertiary/aromatic N) is 4. The molecule has 162 valence electrons. The van der Waals surface area contributed by atoms with Gasteiger partial charge in [0.25, 0.3) is 0 Å². The fourth-order valence-electron chi connectivity index (χ4n) is 3.32. The topological polar surface area (TPSA) is 96.6 Å². The summed E-state index contributed by atoms with van der Waals surface area (Å²) in [5.41, 5.74) is 0. The summed E-state index contributed by atoms with van der Waals surface area (Å²) < 4.78 is 7.65. The van der Waals surface area contributed by atoms with Crippen LogP contribution in [0.15, 0.2) is 4.99 Å². The van der Waals surface area contributed by atoms with Crippen LogP contribution in [0.25, 0.3) is 0 Å². The predicted octanol–water partition coefficient (Wildman–Crippen LogP) is 2.00. The molecule has 0 bridgehead atoms. The first-order valence-electron chi connectivity index (χ1n) is 10.1. The van der Waals surface area contributed by atoms with Crippen molar-refractivity contribution in [2.45, 2.75) is 59.1 Å². The SMILES string of the molecule is Cc1nnc(CN=C(NCC(CCO)CC(C)C)NCC2CCCO2)n1C.I. The van der Waals surface area contributed by atoms with Crippen LogP contribution in [0.1, 0.15) is 51.2 Å². The summed E-state index contributed by atoms with van der Waals surface area (Å²) in [6.45, 7) is 9.42. The highest BCUT2D eigenvalue weighted by Gasteiger charge is 2.17. The van der Waals surface area contributed by atoms with Crippen LogP contribution in [0.4, 0.5) is 0 Å². The monoisotopic (exact) mass is 508 g/mol. The van der Waals surface area contributed by atoms with Gasteiger partial charge in [0.1, 0.15) is 12.4 Å². The maximum atomic E-state index is 9.34. The summed E-state index contributed by atoms with van der Waals surface area (Å²) in [6.07, 6.45) is 4.33. The highest BCUT2D eigenvalue weighted by Crippen LogP contribution is 2.14.